The van der Waals surface area contributed by atoms with Crippen molar-refractivity contribution in [3.63, 3.8) is 0 Å². The monoisotopic (exact) mass is 732 g/mol. The average molecular weight is 733 g/mol. The zero-order chi connectivity index (χ0) is 37.0. The van der Waals surface area contributed by atoms with Crippen molar-refractivity contribution in [2.75, 3.05) is 0 Å². The number of benzene rings is 8. The van der Waals surface area contributed by atoms with Gasteiger partial charge in [0.15, 0.2) is 17.5 Å². The Balaban J connectivity index is 1.07. The molecule has 0 radical (unpaired) electrons. The van der Waals surface area contributed by atoms with Gasteiger partial charge in [-0.25, -0.2) is 15.0 Å². The Morgan fingerprint density at radius 1 is 0.304 bits per heavy atom. The van der Waals surface area contributed by atoms with E-state index in [9.17, 15) is 0 Å². The zero-order valence-corrected chi connectivity index (χ0v) is 31.0. The van der Waals surface area contributed by atoms with Gasteiger partial charge in [0.1, 0.15) is 0 Å². The van der Waals surface area contributed by atoms with Crippen LogP contribution in [0.1, 0.15) is 0 Å². The van der Waals surface area contributed by atoms with Gasteiger partial charge < -0.3 is 4.57 Å². The van der Waals surface area contributed by atoms with Crippen molar-refractivity contribution >= 4 is 53.3 Å². The summed E-state index contributed by atoms with van der Waals surface area (Å²) in [4.78, 5) is 15.3. The van der Waals surface area contributed by atoms with Gasteiger partial charge >= 0.3 is 0 Å². The lowest BCUT2D eigenvalue weighted by Crippen LogP contribution is -2.00. The molecule has 4 nitrogen and oxygen atoms in total. The normalized spacial score (nSPS) is 11.6. The van der Waals surface area contributed by atoms with Crippen LogP contribution in [0.2, 0.25) is 0 Å². The maximum absolute atomic E-state index is 5.16. The standard InChI is InChI=1S/C51H32N4S/c1-3-13-33(14-4-1)35-17-11-19-38(29-35)50-52-49(34-15-5-2-6-16-34)53-51(54-50)39-26-27-42-41-21-7-9-23-45(41)55(46(42)31-39)40-20-12-18-36(30-40)37-25-28-44-43-22-8-10-24-47(43)56-48(44)32-37/h1-32H. The smallest absolute Gasteiger partial charge is 0.164 e. The fraction of sp³-hybridized carbons (Fsp3) is 0. The molecule has 0 spiro atoms. The molecule has 56 heavy (non-hydrogen) atoms. The molecule has 0 saturated carbocycles. The lowest BCUT2D eigenvalue weighted by Gasteiger charge is -2.12. The van der Waals surface area contributed by atoms with Crippen LogP contribution >= 0.6 is 11.3 Å². The Morgan fingerprint density at radius 2 is 0.821 bits per heavy atom. The molecule has 0 amide bonds. The summed E-state index contributed by atoms with van der Waals surface area (Å²) in [5.74, 6) is 1.90. The number of hydrogen-bond donors (Lipinski definition) is 0. The summed E-state index contributed by atoms with van der Waals surface area (Å²) in [5, 5.41) is 5.00. The van der Waals surface area contributed by atoms with E-state index in [0.29, 0.717) is 17.5 Å². The summed E-state index contributed by atoms with van der Waals surface area (Å²) >= 11 is 1.85. The Hall–Kier alpha value is -7.21. The van der Waals surface area contributed by atoms with Gasteiger partial charge in [0.25, 0.3) is 0 Å². The first-order chi connectivity index (χ1) is 27.7. The lowest BCUT2D eigenvalue weighted by molar-refractivity contribution is 1.07. The van der Waals surface area contributed by atoms with Gasteiger partial charge in [-0.2, -0.15) is 0 Å². The van der Waals surface area contributed by atoms with E-state index in [-0.39, 0.29) is 0 Å². The number of nitrogens with zero attached hydrogens (tertiary/aromatic N) is 4. The van der Waals surface area contributed by atoms with Crippen molar-refractivity contribution < 1.29 is 0 Å². The van der Waals surface area contributed by atoms with Crippen molar-refractivity contribution in [1.82, 2.24) is 19.5 Å². The summed E-state index contributed by atoms with van der Waals surface area (Å²) in [6.07, 6.45) is 0. The Morgan fingerprint density at radius 3 is 1.62 bits per heavy atom. The van der Waals surface area contributed by atoms with Crippen LogP contribution in [0.4, 0.5) is 0 Å². The summed E-state index contributed by atoms with van der Waals surface area (Å²) in [7, 11) is 0. The highest BCUT2D eigenvalue weighted by atomic mass is 32.1. The number of aromatic nitrogens is 4. The largest absolute Gasteiger partial charge is 0.309 e. The first kappa shape index (κ1) is 32.2. The van der Waals surface area contributed by atoms with Crippen LogP contribution in [0.25, 0.3) is 104 Å². The summed E-state index contributed by atoms with van der Waals surface area (Å²) < 4.78 is 4.99. The molecule has 0 aliphatic carbocycles. The number of hydrogen-bond acceptors (Lipinski definition) is 4. The van der Waals surface area contributed by atoms with Crippen LogP contribution in [0.5, 0.6) is 0 Å². The first-order valence-electron chi connectivity index (χ1n) is 18.8. The minimum atomic E-state index is 0.628. The van der Waals surface area contributed by atoms with Crippen molar-refractivity contribution in [3.8, 4) is 62.1 Å². The van der Waals surface area contributed by atoms with E-state index in [0.717, 1.165) is 44.5 Å². The molecule has 3 heterocycles. The molecule has 0 fully saturated rings. The minimum absolute atomic E-state index is 0.628. The highest BCUT2D eigenvalue weighted by Crippen LogP contribution is 2.39. The minimum Gasteiger partial charge on any atom is -0.309 e. The molecule has 0 N–H and O–H groups in total. The molecular weight excluding hydrogens is 701 g/mol. The van der Waals surface area contributed by atoms with Crippen LogP contribution < -0.4 is 0 Å². The molecule has 0 saturated heterocycles. The molecule has 3 aromatic heterocycles. The van der Waals surface area contributed by atoms with Crippen molar-refractivity contribution in [3.05, 3.63) is 194 Å². The fourth-order valence-corrected chi connectivity index (χ4v) is 9.08. The predicted molar refractivity (Wildman–Crippen MR) is 234 cm³/mol. The molecule has 0 bridgehead atoms. The maximum Gasteiger partial charge on any atom is 0.164 e. The van der Waals surface area contributed by atoms with Gasteiger partial charge in [-0.1, -0.05) is 152 Å². The molecule has 262 valence electrons. The van der Waals surface area contributed by atoms with Crippen LogP contribution in [-0.4, -0.2) is 19.5 Å². The van der Waals surface area contributed by atoms with Gasteiger partial charge in [-0.15, -0.1) is 11.3 Å². The lowest BCUT2D eigenvalue weighted by atomic mass is 10.0. The van der Waals surface area contributed by atoms with Crippen LogP contribution in [0.15, 0.2) is 194 Å². The molecular formula is C51H32N4S. The molecule has 0 atom stereocenters. The quantitative estimate of drug-likeness (QED) is 0.171. The highest BCUT2D eigenvalue weighted by molar-refractivity contribution is 7.25. The molecule has 8 aromatic carbocycles. The first-order valence-corrected chi connectivity index (χ1v) is 19.6. The number of thiophene rings is 1. The van der Waals surface area contributed by atoms with Gasteiger partial charge in [-0.05, 0) is 64.7 Å². The van der Waals surface area contributed by atoms with Crippen LogP contribution in [0.3, 0.4) is 0 Å². The van der Waals surface area contributed by atoms with E-state index in [1.54, 1.807) is 0 Å². The fourth-order valence-electron chi connectivity index (χ4n) is 7.94. The van der Waals surface area contributed by atoms with E-state index in [4.69, 9.17) is 15.0 Å². The predicted octanol–water partition coefficient (Wildman–Crippen LogP) is 13.7. The van der Waals surface area contributed by atoms with E-state index < -0.39 is 0 Å². The molecule has 5 heteroatoms. The Bertz CT molecular complexity index is 3250. The Kier molecular flexibility index (Phi) is 7.64. The number of rotatable bonds is 6. The van der Waals surface area contributed by atoms with E-state index >= 15 is 0 Å². The summed E-state index contributed by atoms with van der Waals surface area (Å²) in [6.45, 7) is 0. The van der Waals surface area contributed by atoms with Gasteiger partial charge in [-0.3, -0.25) is 0 Å². The maximum atomic E-state index is 5.16. The van der Waals surface area contributed by atoms with E-state index in [1.165, 1.54) is 42.1 Å². The molecule has 11 aromatic rings. The number of fused-ring (bicyclic) bond motifs is 6. The third-order valence-corrected chi connectivity index (χ3v) is 11.8. The zero-order valence-electron chi connectivity index (χ0n) is 30.2. The third-order valence-electron chi connectivity index (χ3n) is 10.6. The van der Waals surface area contributed by atoms with E-state index in [2.05, 4.69) is 174 Å². The van der Waals surface area contributed by atoms with Crippen molar-refractivity contribution in [2.45, 2.75) is 0 Å². The summed E-state index contributed by atoms with van der Waals surface area (Å²) in [6, 6.07) is 68.7. The third kappa shape index (κ3) is 5.56. The van der Waals surface area contributed by atoms with Gasteiger partial charge in [0.2, 0.25) is 0 Å². The molecule has 11 rings (SSSR count). The van der Waals surface area contributed by atoms with Crippen LogP contribution in [0, 0.1) is 0 Å². The second kappa shape index (κ2) is 13.3. The van der Waals surface area contributed by atoms with Crippen LogP contribution in [-0.2, 0) is 0 Å². The highest BCUT2D eigenvalue weighted by Gasteiger charge is 2.18. The molecule has 0 aliphatic heterocycles. The number of para-hydroxylation sites is 1. The van der Waals surface area contributed by atoms with Crippen molar-refractivity contribution in [1.29, 1.82) is 0 Å². The SMILES string of the molecule is c1ccc(-c2cccc(-c3nc(-c4ccccc4)nc(-c4ccc5c6ccccc6n(-c6cccc(-c7ccc8c(c7)sc7ccccc78)c6)c5c4)n3)c2)cc1. The Labute approximate surface area is 327 Å². The topological polar surface area (TPSA) is 43.6 Å². The second-order valence-electron chi connectivity index (χ2n) is 14.1. The van der Waals surface area contributed by atoms with Gasteiger partial charge in [0, 0.05) is 53.3 Å². The summed E-state index contributed by atoms with van der Waals surface area (Å²) in [5.41, 5.74) is 10.8. The van der Waals surface area contributed by atoms with Gasteiger partial charge in [0.05, 0.1) is 11.0 Å². The average Bonchev–Trinajstić information content (AvgIpc) is 3.82. The van der Waals surface area contributed by atoms with Crippen molar-refractivity contribution in [2.24, 2.45) is 0 Å². The molecule has 0 aliphatic rings. The second-order valence-corrected chi connectivity index (χ2v) is 15.1. The molecule has 0 unspecified atom stereocenters. The van der Waals surface area contributed by atoms with E-state index in [1.807, 2.05) is 35.6 Å².